The Hall–Kier alpha value is -3.57. The Morgan fingerprint density at radius 2 is 1.73 bits per heavy atom. The molecule has 2 aromatic carbocycles. The number of fused-ring (bicyclic) bond motifs is 2. The highest BCUT2D eigenvalue weighted by molar-refractivity contribution is 7.89. The van der Waals surface area contributed by atoms with Gasteiger partial charge in [-0.1, -0.05) is 18.2 Å². The smallest absolute Gasteiger partial charge is 0.242 e. The number of carbonyl (C=O) groups excluding carboxylic acids is 2. The van der Waals surface area contributed by atoms with Gasteiger partial charge in [0, 0.05) is 42.6 Å². The molecule has 4 N–H and O–H groups in total. The fourth-order valence-corrected chi connectivity index (χ4v) is 4.44. The average Bonchev–Trinajstić information content (AvgIpc) is 3.05. The van der Waals surface area contributed by atoms with Crippen molar-refractivity contribution < 1.29 is 27.5 Å². The molecule has 0 aliphatic carbocycles. The highest BCUT2D eigenvalue weighted by Gasteiger charge is 2.19. The lowest BCUT2D eigenvalue weighted by Gasteiger charge is -2.11. The van der Waals surface area contributed by atoms with Crippen LogP contribution in [-0.4, -0.2) is 45.0 Å². The summed E-state index contributed by atoms with van der Waals surface area (Å²) in [6.07, 6.45) is 2.39. The second-order valence-electron chi connectivity index (χ2n) is 7.44. The second kappa shape index (κ2) is 9.92. The van der Waals surface area contributed by atoms with Gasteiger partial charge in [0.25, 0.3) is 0 Å². The van der Waals surface area contributed by atoms with E-state index in [1.807, 2.05) is 24.3 Å². The Bertz CT molecular complexity index is 1270. The molecule has 2 heterocycles. The van der Waals surface area contributed by atoms with Crippen molar-refractivity contribution >= 4 is 32.7 Å². The van der Waals surface area contributed by atoms with E-state index in [9.17, 15) is 18.0 Å². The quantitative estimate of drug-likeness (QED) is 0.383. The van der Waals surface area contributed by atoms with Gasteiger partial charge >= 0.3 is 0 Å². The lowest BCUT2D eigenvalue weighted by Crippen LogP contribution is -2.43. The summed E-state index contributed by atoms with van der Waals surface area (Å²) in [5.74, 6) is -0.0512. The van der Waals surface area contributed by atoms with E-state index in [0.717, 1.165) is 16.5 Å². The lowest BCUT2D eigenvalue weighted by molar-refractivity contribution is -0.128. The van der Waals surface area contributed by atoms with E-state index in [1.54, 1.807) is 12.3 Å². The molecule has 10 nitrogen and oxygen atoms in total. The number of rotatable bonds is 7. The Balaban J connectivity index is 1.23. The molecule has 11 heteroatoms. The number of sulfonamides is 1. The zero-order chi connectivity index (χ0) is 23.3. The van der Waals surface area contributed by atoms with Gasteiger partial charge in [-0.3, -0.25) is 20.4 Å². The van der Waals surface area contributed by atoms with Crippen molar-refractivity contribution in [2.75, 3.05) is 19.8 Å². The van der Waals surface area contributed by atoms with Crippen LogP contribution in [0, 0.1) is 0 Å². The molecule has 33 heavy (non-hydrogen) atoms. The summed E-state index contributed by atoms with van der Waals surface area (Å²) in [6.45, 7) is 0.807. The Morgan fingerprint density at radius 3 is 2.58 bits per heavy atom. The first-order chi connectivity index (χ1) is 15.9. The number of H-pyrrole nitrogens is 1. The number of nitrogens with one attached hydrogen (secondary N) is 4. The minimum atomic E-state index is -3.84. The molecule has 0 saturated heterocycles. The Labute approximate surface area is 190 Å². The second-order valence-corrected chi connectivity index (χ2v) is 9.21. The van der Waals surface area contributed by atoms with Gasteiger partial charge in [-0.15, -0.1) is 0 Å². The van der Waals surface area contributed by atoms with E-state index in [2.05, 4.69) is 20.6 Å². The SMILES string of the molecule is O=C(CCNS(=O)(=O)c1ccc2c(c1)OCCCO2)NNC(=O)Cc1c[nH]c2ccccc12. The maximum Gasteiger partial charge on any atom is 0.242 e. The van der Waals surface area contributed by atoms with Gasteiger partial charge in [-0.25, -0.2) is 13.1 Å². The Kier molecular flexibility index (Phi) is 6.80. The molecule has 0 radical (unpaired) electrons. The van der Waals surface area contributed by atoms with Crippen molar-refractivity contribution in [3.63, 3.8) is 0 Å². The standard InChI is InChI=1S/C22H24N4O6S/c27-21(25-26-22(28)12-15-14-23-18-5-2-1-4-17(15)18)8-9-24-33(29,30)16-6-7-19-20(13-16)32-11-3-10-31-19/h1-2,4-7,13-14,23-24H,3,8-12H2,(H,25,27)(H,26,28). The summed E-state index contributed by atoms with van der Waals surface area (Å²) < 4.78 is 38.4. The number of para-hydroxylation sites is 1. The van der Waals surface area contributed by atoms with Crippen molar-refractivity contribution in [1.29, 1.82) is 0 Å². The van der Waals surface area contributed by atoms with Crippen LogP contribution in [0.2, 0.25) is 0 Å². The summed E-state index contributed by atoms with van der Waals surface area (Å²) in [5, 5.41) is 0.933. The summed E-state index contributed by atoms with van der Waals surface area (Å²) in [4.78, 5) is 27.3. The molecule has 4 rings (SSSR count). The minimum Gasteiger partial charge on any atom is -0.490 e. The first-order valence-electron chi connectivity index (χ1n) is 10.4. The van der Waals surface area contributed by atoms with Gasteiger partial charge in [0.15, 0.2) is 11.5 Å². The normalized spacial score (nSPS) is 13.3. The van der Waals surface area contributed by atoms with Crippen molar-refractivity contribution in [2.45, 2.75) is 24.2 Å². The highest BCUT2D eigenvalue weighted by Crippen LogP contribution is 2.31. The topological polar surface area (TPSA) is 139 Å². The third-order valence-electron chi connectivity index (χ3n) is 5.04. The van der Waals surface area contributed by atoms with Gasteiger partial charge in [0.05, 0.1) is 24.5 Å². The monoisotopic (exact) mass is 472 g/mol. The molecule has 2 amide bonds. The largest absolute Gasteiger partial charge is 0.490 e. The maximum absolute atomic E-state index is 12.5. The number of hydrogen-bond acceptors (Lipinski definition) is 6. The minimum absolute atomic E-state index is 0.0131. The van der Waals surface area contributed by atoms with Gasteiger partial charge < -0.3 is 14.5 Å². The first kappa shape index (κ1) is 22.6. The van der Waals surface area contributed by atoms with Crippen LogP contribution in [0.1, 0.15) is 18.4 Å². The zero-order valence-corrected chi connectivity index (χ0v) is 18.5. The molecule has 0 bridgehead atoms. The van der Waals surface area contributed by atoms with Crippen molar-refractivity contribution in [2.24, 2.45) is 0 Å². The first-order valence-corrected chi connectivity index (χ1v) is 11.9. The van der Waals surface area contributed by atoms with Gasteiger partial charge in [-0.2, -0.15) is 0 Å². The number of amides is 2. The molecule has 0 fully saturated rings. The van der Waals surface area contributed by atoms with E-state index < -0.39 is 15.9 Å². The molecule has 1 aromatic heterocycles. The number of aromatic amines is 1. The summed E-state index contributed by atoms with van der Waals surface area (Å²) in [6, 6.07) is 12.0. The molecule has 3 aromatic rings. The van der Waals surface area contributed by atoms with Gasteiger partial charge in [-0.05, 0) is 23.8 Å². The molecular formula is C22H24N4O6S. The van der Waals surface area contributed by atoms with Gasteiger partial charge in [0.2, 0.25) is 21.8 Å². The van der Waals surface area contributed by atoms with Crippen LogP contribution in [0.15, 0.2) is 53.6 Å². The predicted molar refractivity (Wildman–Crippen MR) is 120 cm³/mol. The summed E-state index contributed by atoms with van der Waals surface area (Å²) in [5.41, 5.74) is 6.37. The number of carbonyl (C=O) groups is 2. The lowest BCUT2D eigenvalue weighted by atomic mass is 10.1. The van der Waals surface area contributed by atoms with E-state index in [-0.39, 0.29) is 30.2 Å². The molecular weight excluding hydrogens is 448 g/mol. The fraction of sp³-hybridized carbons (Fsp3) is 0.273. The summed E-state index contributed by atoms with van der Waals surface area (Å²) in [7, 11) is -3.84. The van der Waals surface area contributed by atoms with Crippen LogP contribution in [-0.2, 0) is 26.0 Å². The van der Waals surface area contributed by atoms with Crippen molar-refractivity contribution in [1.82, 2.24) is 20.6 Å². The molecule has 174 valence electrons. The van der Waals surface area contributed by atoms with Gasteiger partial charge in [0.1, 0.15) is 0 Å². The summed E-state index contributed by atoms with van der Waals surface area (Å²) >= 11 is 0. The molecule has 0 unspecified atom stereocenters. The van der Waals surface area contributed by atoms with E-state index in [1.165, 1.54) is 12.1 Å². The predicted octanol–water partition coefficient (Wildman–Crippen LogP) is 1.39. The molecule has 0 spiro atoms. The number of hydrogen-bond donors (Lipinski definition) is 4. The molecule has 1 aliphatic rings. The van der Waals surface area contributed by atoms with Crippen molar-refractivity contribution in [3.8, 4) is 11.5 Å². The van der Waals surface area contributed by atoms with Crippen LogP contribution < -0.4 is 25.0 Å². The number of ether oxygens (including phenoxy) is 2. The fourth-order valence-electron chi connectivity index (χ4n) is 3.39. The molecule has 1 aliphatic heterocycles. The molecule has 0 saturated carbocycles. The highest BCUT2D eigenvalue weighted by atomic mass is 32.2. The number of hydrazine groups is 1. The van der Waals surface area contributed by atoms with Crippen LogP contribution in [0.5, 0.6) is 11.5 Å². The number of aromatic nitrogens is 1. The molecule has 0 atom stereocenters. The third-order valence-corrected chi connectivity index (χ3v) is 6.50. The van der Waals surface area contributed by atoms with Crippen LogP contribution in [0.4, 0.5) is 0 Å². The third kappa shape index (κ3) is 5.62. The maximum atomic E-state index is 12.5. The van der Waals surface area contributed by atoms with E-state index >= 15 is 0 Å². The van der Waals surface area contributed by atoms with Crippen LogP contribution >= 0.6 is 0 Å². The van der Waals surface area contributed by atoms with E-state index in [0.29, 0.717) is 31.1 Å². The van der Waals surface area contributed by atoms with Crippen molar-refractivity contribution in [3.05, 3.63) is 54.2 Å². The number of benzene rings is 2. The van der Waals surface area contributed by atoms with E-state index in [4.69, 9.17) is 9.47 Å². The van der Waals surface area contributed by atoms with Crippen LogP contribution in [0.3, 0.4) is 0 Å². The van der Waals surface area contributed by atoms with Crippen LogP contribution in [0.25, 0.3) is 10.9 Å². The Morgan fingerprint density at radius 1 is 0.970 bits per heavy atom. The zero-order valence-electron chi connectivity index (χ0n) is 17.7. The average molecular weight is 473 g/mol.